The second-order valence-corrected chi connectivity index (χ2v) is 7.92. The van der Waals surface area contributed by atoms with E-state index in [0.29, 0.717) is 5.75 Å². The first-order valence-electron chi connectivity index (χ1n) is 9.51. The van der Waals surface area contributed by atoms with Crippen molar-refractivity contribution in [3.63, 3.8) is 0 Å². The van der Waals surface area contributed by atoms with Gasteiger partial charge in [-0.3, -0.25) is 4.79 Å². The van der Waals surface area contributed by atoms with E-state index < -0.39 is 0 Å². The minimum atomic E-state index is 0.212. The van der Waals surface area contributed by atoms with E-state index in [0.717, 1.165) is 42.5 Å². The van der Waals surface area contributed by atoms with Crippen LogP contribution in [0.1, 0.15) is 0 Å². The summed E-state index contributed by atoms with van der Waals surface area (Å²) >= 11 is 1.62. The molecule has 1 aliphatic heterocycles. The van der Waals surface area contributed by atoms with Crippen LogP contribution in [0, 0.1) is 0 Å². The predicted molar refractivity (Wildman–Crippen MR) is 116 cm³/mol. The highest BCUT2D eigenvalue weighted by Crippen LogP contribution is 2.25. The summed E-state index contributed by atoms with van der Waals surface area (Å²) in [5.41, 5.74) is 1.15. The van der Waals surface area contributed by atoms with Gasteiger partial charge in [0.05, 0.1) is 12.9 Å². The number of thioether (sulfide) groups is 1. The van der Waals surface area contributed by atoms with Crippen molar-refractivity contribution < 1.29 is 9.53 Å². The number of nitrogens with zero attached hydrogens (tertiary/aromatic N) is 2. The van der Waals surface area contributed by atoms with Gasteiger partial charge in [0.2, 0.25) is 5.91 Å². The molecule has 144 valence electrons. The average Bonchev–Trinajstić information content (AvgIpc) is 2.77. The first kappa shape index (κ1) is 18.7. The maximum atomic E-state index is 12.6. The van der Waals surface area contributed by atoms with Gasteiger partial charge in [0.1, 0.15) is 5.75 Å². The quantitative estimate of drug-likeness (QED) is 0.607. The second kappa shape index (κ2) is 8.57. The Morgan fingerprint density at radius 1 is 0.929 bits per heavy atom. The molecule has 0 aromatic heterocycles. The average molecular weight is 393 g/mol. The van der Waals surface area contributed by atoms with E-state index in [1.807, 2.05) is 35.2 Å². The summed E-state index contributed by atoms with van der Waals surface area (Å²) in [5, 5.41) is 2.44. The monoisotopic (exact) mass is 392 g/mol. The fourth-order valence-electron chi connectivity index (χ4n) is 3.51. The minimum absolute atomic E-state index is 0.212. The van der Waals surface area contributed by atoms with Crippen LogP contribution in [0.5, 0.6) is 5.75 Å². The van der Waals surface area contributed by atoms with E-state index in [1.165, 1.54) is 10.8 Å². The van der Waals surface area contributed by atoms with Crippen LogP contribution in [0.3, 0.4) is 0 Å². The molecular formula is C23H24N2O2S. The van der Waals surface area contributed by atoms with Crippen molar-refractivity contribution in [3.8, 4) is 5.75 Å². The molecule has 1 aliphatic rings. The Morgan fingerprint density at radius 3 is 2.50 bits per heavy atom. The van der Waals surface area contributed by atoms with Crippen LogP contribution in [0.2, 0.25) is 0 Å². The van der Waals surface area contributed by atoms with Gasteiger partial charge in [-0.05, 0) is 35.0 Å². The van der Waals surface area contributed by atoms with E-state index in [-0.39, 0.29) is 5.91 Å². The van der Waals surface area contributed by atoms with Crippen LogP contribution in [-0.2, 0) is 4.79 Å². The molecule has 3 aromatic rings. The Balaban J connectivity index is 1.31. The van der Waals surface area contributed by atoms with Gasteiger partial charge < -0.3 is 14.5 Å². The van der Waals surface area contributed by atoms with Crippen LogP contribution in [0.4, 0.5) is 5.69 Å². The van der Waals surface area contributed by atoms with Crippen molar-refractivity contribution in [2.75, 3.05) is 43.9 Å². The van der Waals surface area contributed by atoms with E-state index in [4.69, 9.17) is 4.74 Å². The molecule has 0 spiro atoms. The lowest BCUT2D eigenvalue weighted by Gasteiger charge is -2.36. The highest BCUT2D eigenvalue weighted by molar-refractivity contribution is 8.00. The molecule has 1 amide bonds. The van der Waals surface area contributed by atoms with Gasteiger partial charge in [-0.25, -0.2) is 0 Å². The fourth-order valence-corrected chi connectivity index (χ4v) is 4.36. The number of anilines is 1. The molecule has 5 heteroatoms. The third-order valence-corrected chi connectivity index (χ3v) is 6.11. The SMILES string of the molecule is COc1cccc(N2CCN(C(=O)CSc3ccc4ccccc4c3)CC2)c1. The van der Waals surface area contributed by atoms with Crippen LogP contribution in [0.25, 0.3) is 10.8 Å². The van der Waals surface area contributed by atoms with Gasteiger partial charge in [-0.15, -0.1) is 11.8 Å². The number of ether oxygens (including phenoxy) is 1. The first-order valence-corrected chi connectivity index (χ1v) is 10.5. The Kier molecular flexibility index (Phi) is 5.72. The third-order valence-electron chi connectivity index (χ3n) is 5.13. The third kappa shape index (κ3) is 4.25. The number of rotatable bonds is 5. The number of benzene rings is 3. The Bertz CT molecular complexity index is 967. The maximum Gasteiger partial charge on any atom is 0.233 e. The lowest BCUT2D eigenvalue weighted by Crippen LogP contribution is -2.49. The van der Waals surface area contributed by atoms with Gasteiger partial charge in [-0.1, -0.05) is 36.4 Å². The van der Waals surface area contributed by atoms with Crippen LogP contribution >= 0.6 is 11.8 Å². The molecule has 0 atom stereocenters. The predicted octanol–water partition coefficient (Wildman–Crippen LogP) is 4.29. The standard InChI is InChI=1S/C23H24N2O2S/c1-27-21-8-4-7-20(16-21)24-11-13-25(14-12-24)23(26)17-28-22-10-9-18-5-2-3-6-19(18)15-22/h2-10,15-16H,11-14,17H2,1H3. The fraction of sp³-hybridized carbons (Fsp3) is 0.261. The number of fused-ring (bicyclic) bond motifs is 1. The van der Waals surface area contributed by atoms with Crippen LogP contribution in [-0.4, -0.2) is 49.8 Å². The van der Waals surface area contributed by atoms with Gasteiger partial charge >= 0.3 is 0 Å². The molecule has 1 fully saturated rings. The Hall–Kier alpha value is -2.66. The molecule has 0 unspecified atom stereocenters. The van der Waals surface area contributed by atoms with Gasteiger partial charge in [0.15, 0.2) is 0 Å². The molecule has 28 heavy (non-hydrogen) atoms. The molecule has 1 saturated heterocycles. The maximum absolute atomic E-state index is 12.6. The van der Waals surface area contributed by atoms with Crippen molar-refractivity contribution in [1.82, 2.24) is 4.90 Å². The van der Waals surface area contributed by atoms with E-state index in [1.54, 1.807) is 18.9 Å². The van der Waals surface area contributed by atoms with Crippen molar-refractivity contribution >= 4 is 34.1 Å². The van der Waals surface area contributed by atoms with Crippen LogP contribution < -0.4 is 9.64 Å². The van der Waals surface area contributed by atoms with Crippen molar-refractivity contribution in [3.05, 3.63) is 66.7 Å². The van der Waals surface area contributed by atoms with Gasteiger partial charge in [0.25, 0.3) is 0 Å². The zero-order valence-electron chi connectivity index (χ0n) is 16.0. The number of piperazine rings is 1. The zero-order chi connectivity index (χ0) is 19.3. The summed E-state index contributed by atoms with van der Waals surface area (Å²) in [7, 11) is 1.68. The summed E-state index contributed by atoms with van der Waals surface area (Å²) in [6, 6.07) is 22.8. The van der Waals surface area contributed by atoms with Crippen molar-refractivity contribution in [2.45, 2.75) is 4.90 Å². The summed E-state index contributed by atoms with van der Waals surface area (Å²) in [5.74, 6) is 1.56. The number of hydrogen-bond donors (Lipinski definition) is 0. The molecule has 0 aliphatic carbocycles. The topological polar surface area (TPSA) is 32.8 Å². The molecule has 4 nitrogen and oxygen atoms in total. The molecular weight excluding hydrogens is 368 g/mol. The Morgan fingerprint density at radius 2 is 1.71 bits per heavy atom. The molecule has 0 N–H and O–H groups in total. The number of carbonyl (C=O) groups is 1. The lowest BCUT2D eigenvalue weighted by molar-refractivity contribution is -0.128. The summed E-state index contributed by atoms with van der Waals surface area (Å²) < 4.78 is 5.31. The van der Waals surface area contributed by atoms with E-state index >= 15 is 0 Å². The molecule has 0 saturated carbocycles. The van der Waals surface area contributed by atoms with E-state index in [9.17, 15) is 4.79 Å². The number of methoxy groups -OCH3 is 1. The summed E-state index contributed by atoms with van der Waals surface area (Å²) in [4.78, 5) is 18.1. The van der Waals surface area contributed by atoms with E-state index in [2.05, 4.69) is 41.3 Å². The molecule has 4 rings (SSSR count). The van der Waals surface area contributed by atoms with Gasteiger partial charge in [-0.2, -0.15) is 0 Å². The highest BCUT2D eigenvalue weighted by Gasteiger charge is 2.21. The normalized spacial score (nSPS) is 14.3. The number of amides is 1. The molecule has 1 heterocycles. The number of carbonyl (C=O) groups excluding carboxylic acids is 1. The lowest BCUT2D eigenvalue weighted by atomic mass is 10.1. The van der Waals surface area contributed by atoms with Crippen molar-refractivity contribution in [2.24, 2.45) is 0 Å². The molecule has 0 bridgehead atoms. The zero-order valence-corrected chi connectivity index (χ0v) is 16.8. The number of hydrogen-bond acceptors (Lipinski definition) is 4. The highest BCUT2D eigenvalue weighted by atomic mass is 32.2. The van der Waals surface area contributed by atoms with Crippen LogP contribution in [0.15, 0.2) is 71.6 Å². The molecule has 0 radical (unpaired) electrons. The smallest absolute Gasteiger partial charge is 0.233 e. The summed E-state index contributed by atoms with van der Waals surface area (Å²) in [6.45, 7) is 3.21. The first-order chi connectivity index (χ1) is 13.7. The summed E-state index contributed by atoms with van der Waals surface area (Å²) in [6.07, 6.45) is 0. The van der Waals surface area contributed by atoms with Crippen molar-refractivity contribution in [1.29, 1.82) is 0 Å². The largest absolute Gasteiger partial charge is 0.497 e. The van der Waals surface area contributed by atoms with Gasteiger partial charge in [0, 0.05) is 42.8 Å². The second-order valence-electron chi connectivity index (χ2n) is 6.87. The minimum Gasteiger partial charge on any atom is -0.497 e. The molecule has 3 aromatic carbocycles. The Labute approximate surface area is 170 Å².